The summed E-state index contributed by atoms with van der Waals surface area (Å²) >= 11 is 0. The molecule has 0 aromatic heterocycles. The average molecular weight is 351 g/mol. The number of carbonyl (C=O) groups excluding carboxylic acids is 2. The van der Waals surface area contributed by atoms with Crippen LogP contribution in [0.2, 0.25) is 0 Å². The SMILES string of the molecule is C=[O+]C(=O)CCCC(O)C#C/C=C/C=C/C(O)CC#Cc1ccccc1. The molecule has 2 unspecified atom stereocenters. The van der Waals surface area contributed by atoms with E-state index in [1.807, 2.05) is 30.3 Å². The molecule has 1 aromatic rings. The van der Waals surface area contributed by atoms with Gasteiger partial charge < -0.3 is 10.2 Å². The van der Waals surface area contributed by atoms with Crippen LogP contribution in [0.3, 0.4) is 0 Å². The second-order valence-corrected chi connectivity index (χ2v) is 5.40. The highest BCUT2D eigenvalue weighted by Gasteiger charge is 2.11. The quantitative estimate of drug-likeness (QED) is 0.450. The lowest BCUT2D eigenvalue weighted by molar-refractivity contribution is -0.369. The molecule has 0 fully saturated rings. The molecule has 4 heteroatoms. The maximum Gasteiger partial charge on any atom is 0.579 e. The molecule has 1 aromatic carbocycles. The van der Waals surface area contributed by atoms with E-state index >= 15 is 0 Å². The minimum atomic E-state index is -0.792. The minimum absolute atomic E-state index is 0.214. The number of aliphatic hydroxyl groups is 2. The van der Waals surface area contributed by atoms with Gasteiger partial charge in [0.2, 0.25) is 0 Å². The van der Waals surface area contributed by atoms with E-state index in [2.05, 4.69) is 34.9 Å². The summed E-state index contributed by atoms with van der Waals surface area (Å²) in [4.78, 5) is 10.9. The van der Waals surface area contributed by atoms with Crippen LogP contribution in [0.25, 0.3) is 0 Å². The van der Waals surface area contributed by atoms with E-state index in [4.69, 9.17) is 0 Å². The van der Waals surface area contributed by atoms with Crippen LogP contribution in [0.15, 0.2) is 54.6 Å². The molecule has 26 heavy (non-hydrogen) atoms. The zero-order chi connectivity index (χ0) is 19.0. The molecule has 0 heterocycles. The fourth-order valence-corrected chi connectivity index (χ4v) is 1.87. The van der Waals surface area contributed by atoms with Gasteiger partial charge in [0.15, 0.2) is 6.79 Å². The van der Waals surface area contributed by atoms with Gasteiger partial charge in [-0.25, -0.2) is 0 Å². The molecule has 0 aliphatic heterocycles. The van der Waals surface area contributed by atoms with Crippen molar-refractivity contribution in [3.63, 3.8) is 0 Å². The van der Waals surface area contributed by atoms with Crippen LogP contribution in [0, 0.1) is 23.7 Å². The van der Waals surface area contributed by atoms with Gasteiger partial charge in [0.05, 0.1) is 6.10 Å². The maximum atomic E-state index is 10.9. The van der Waals surface area contributed by atoms with Crippen molar-refractivity contribution >= 4 is 12.8 Å². The van der Waals surface area contributed by atoms with Crippen molar-refractivity contribution in [2.75, 3.05) is 0 Å². The zero-order valence-corrected chi connectivity index (χ0v) is 14.6. The topological polar surface area (TPSA) is 68.8 Å². The van der Waals surface area contributed by atoms with Crippen molar-refractivity contribution in [1.29, 1.82) is 0 Å². The van der Waals surface area contributed by atoms with Gasteiger partial charge in [0, 0.05) is 16.8 Å². The third kappa shape index (κ3) is 10.8. The molecule has 0 aliphatic rings. The van der Waals surface area contributed by atoms with Crippen molar-refractivity contribution in [3.8, 4) is 23.7 Å². The summed E-state index contributed by atoms with van der Waals surface area (Å²) in [6.07, 6.45) is 6.56. The molecular weight excluding hydrogens is 328 g/mol. The summed E-state index contributed by atoms with van der Waals surface area (Å²) in [6.45, 7) is 3.02. The van der Waals surface area contributed by atoms with Crippen LogP contribution in [0.4, 0.5) is 0 Å². The van der Waals surface area contributed by atoms with E-state index in [0.29, 0.717) is 19.3 Å². The summed E-state index contributed by atoms with van der Waals surface area (Å²) in [7, 11) is 0. The van der Waals surface area contributed by atoms with E-state index in [1.54, 1.807) is 24.3 Å². The van der Waals surface area contributed by atoms with Gasteiger partial charge in [-0.1, -0.05) is 60.1 Å². The van der Waals surface area contributed by atoms with Crippen LogP contribution in [0.1, 0.15) is 31.2 Å². The molecule has 0 radical (unpaired) electrons. The lowest BCUT2D eigenvalue weighted by atomic mass is 10.1. The lowest BCUT2D eigenvalue weighted by Gasteiger charge is -1.98. The molecule has 0 aliphatic carbocycles. The smallest absolute Gasteiger partial charge is 0.388 e. The molecule has 1 rings (SSSR count). The molecule has 0 spiro atoms. The van der Waals surface area contributed by atoms with Gasteiger partial charge in [0.25, 0.3) is 0 Å². The lowest BCUT2D eigenvalue weighted by Crippen LogP contribution is -2.04. The second-order valence-electron chi connectivity index (χ2n) is 5.40. The molecule has 134 valence electrons. The number of aliphatic hydroxyl groups excluding tert-OH is 2. The third-order valence-corrected chi connectivity index (χ3v) is 3.21. The Morgan fingerprint density at radius 2 is 2.00 bits per heavy atom. The predicted octanol–water partition coefficient (Wildman–Crippen LogP) is 2.33. The fourth-order valence-electron chi connectivity index (χ4n) is 1.87. The van der Waals surface area contributed by atoms with E-state index in [9.17, 15) is 15.0 Å². The van der Waals surface area contributed by atoms with Crippen LogP contribution in [-0.4, -0.2) is 35.2 Å². The second kappa shape index (κ2) is 13.4. The monoisotopic (exact) mass is 351 g/mol. The van der Waals surface area contributed by atoms with Gasteiger partial charge >= 0.3 is 5.97 Å². The molecule has 2 atom stereocenters. The van der Waals surface area contributed by atoms with E-state index in [0.717, 1.165) is 5.56 Å². The first-order valence-electron chi connectivity index (χ1n) is 8.31. The van der Waals surface area contributed by atoms with Crippen LogP contribution < -0.4 is 0 Å². The predicted molar refractivity (Wildman–Crippen MR) is 102 cm³/mol. The maximum absolute atomic E-state index is 10.9. The van der Waals surface area contributed by atoms with Crippen LogP contribution >= 0.6 is 0 Å². The third-order valence-electron chi connectivity index (χ3n) is 3.21. The van der Waals surface area contributed by atoms with E-state index in [1.165, 1.54) is 0 Å². The largest absolute Gasteiger partial charge is 0.579 e. The van der Waals surface area contributed by atoms with Crippen molar-refractivity contribution in [2.45, 2.75) is 37.9 Å². The van der Waals surface area contributed by atoms with Gasteiger partial charge in [0.1, 0.15) is 12.5 Å². The Morgan fingerprint density at radius 3 is 2.73 bits per heavy atom. The van der Waals surface area contributed by atoms with Gasteiger partial charge in [-0.3, -0.25) is 4.42 Å². The molecule has 4 nitrogen and oxygen atoms in total. The highest BCUT2D eigenvalue weighted by molar-refractivity contribution is 5.66. The Morgan fingerprint density at radius 1 is 1.23 bits per heavy atom. The molecule has 0 amide bonds. The molecule has 0 saturated heterocycles. The normalized spacial score (nSPS) is 12.7. The van der Waals surface area contributed by atoms with Crippen LogP contribution in [0.5, 0.6) is 0 Å². The Bertz CT molecular complexity index is 739. The molecule has 0 bridgehead atoms. The first-order valence-corrected chi connectivity index (χ1v) is 8.31. The van der Waals surface area contributed by atoms with Crippen molar-refractivity contribution in [2.24, 2.45) is 0 Å². The highest BCUT2D eigenvalue weighted by Crippen LogP contribution is 2.00. The minimum Gasteiger partial charge on any atom is -0.388 e. The number of rotatable bonds is 7. The molecular formula is C22H23O4+. The van der Waals surface area contributed by atoms with E-state index < -0.39 is 18.2 Å². The number of hydrogen-bond donors (Lipinski definition) is 2. The summed E-state index contributed by atoms with van der Waals surface area (Å²) < 4.78 is 4.27. The van der Waals surface area contributed by atoms with Gasteiger partial charge in [-0.15, -0.1) is 0 Å². The van der Waals surface area contributed by atoms with Crippen LogP contribution in [-0.2, 0) is 9.22 Å². The van der Waals surface area contributed by atoms with Crippen molar-refractivity contribution in [3.05, 3.63) is 60.2 Å². The number of allylic oxidation sites excluding steroid dienone is 3. The summed E-state index contributed by atoms with van der Waals surface area (Å²) in [5.74, 6) is 10.9. The number of carbonyl (C=O) groups is 1. The summed E-state index contributed by atoms with van der Waals surface area (Å²) in [5, 5.41) is 19.4. The van der Waals surface area contributed by atoms with Gasteiger partial charge in [-0.2, -0.15) is 0 Å². The standard InChI is InChI=1S/C22H23O4/c1-26-22(25)18-10-17-21(24)15-8-3-2-7-14-20(23)16-9-13-19-11-5-4-6-12-19/h2-7,11-12,14,20-21,23-24H,1,10,16-18H2/q+1/b3-2+,14-7+. The Hall–Kier alpha value is -2.92. The van der Waals surface area contributed by atoms with Crippen molar-refractivity contribution in [1.82, 2.24) is 0 Å². The fraction of sp³-hybridized carbons (Fsp3) is 0.273. The molecule has 2 N–H and O–H groups in total. The Labute approximate surface area is 154 Å². The summed E-state index contributed by atoms with van der Waals surface area (Å²) in [6, 6.07) is 9.59. The summed E-state index contributed by atoms with van der Waals surface area (Å²) in [5.41, 5.74) is 0.917. The zero-order valence-electron chi connectivity index (χ0n) is 14.6. The number of hydrogen-bond acceptors (Lipinski definition) is 3. The van der Waals surface area contributed by atoms with Crippen molar-refractivity contribution < 1.29 is 19.4 Å². The van der Waals surface area contributed by atoms with Gasteiger partial charge in [-0.05, 0) is 31.1 Å². The Balaban J connectivity index is 2.27. The first-order chi connectivity index (χ1) is 12.6. The first kappa shape index (κ1) is 21.1. The Kier molecular flexibility index (Phi) is 10.9. The number of benzene rings is 1. The van der Waals surface area contributed by atoms with E-state index in [-0.39, 0.29) is 6.42 Å². The highest BCUT2D eigenvalue weighted by atomic mass is 16.4. The average Bonchev–Trinajstić information content (AvgIpc) is 2.65. The molecule has 0 saturated carbocycles.